The number of hydrogen-bond acceptors (Lipinski definition) is 5. The van der Waals surface area contributed by atoms with Crippen LogP contribution in [0.25, 0.3) is 11.4 Å². The highest BCUT2D eigenvalue weighted by Gasteiger charge is 2.33. The lowest BCUT2D eigenvalue weighted by atomic mass is 10.1. The van der Waals surface area contributed by atoms with Crippen LogP contribution in [0, 0.1) is 0 Å². The molecule has 0 unspecified atom stereocenters. The molecule has 3 heterocycles. The first kappa shape index (κ1) is 16.1. The zero-order chi connectivity index (χ0) is 16.6. The first-order valence-electron chi connectivity index (χ1n) is 7.70. The summed E-state index contributed by atoms with van der Waals surface area (Å²) >= 11 is 0. The van der Waals surface area contributed by atoms with E-state index in [9.17, 15) is 8.42 Å². The largest absolute Gasteiger partial charge is 0.261 e. The first-order chi connectivity index (χ1) is 10.9. The Hall–Kier alpha value is -1.80. The number of rotatable bonds is 4. The highest BCUT2D eigenvalue weighted by molar-refractivity contribution is 7.88. The van der Waals surface area contributed by atoms with E-state index in [1.165, 1.54) is 10.6 Å². The Balaban J connectivity index is 1.99. The molecule has 124 valence electrons. The molecule has 0 N–H and O–H groups in total. The van der Waals surface area contributed by atoms with E-state index in [1.54, 1.807) is 18.6 Å². The van der Waals surface area contributed by atoms with Gasteiger partial charge in [0.25, 0.3) is 0 Å². The summed E-state index contributed by atoms with van der Waals surface area (Å²) in [6.07, 6.45) is 7.95. The summed E-state index contributed by atoms with van der Waals surface area (Å²) in [6, 6.07) is 1.88. The average Bonchev–Trinajstić information content (AvgIpc) is 3.16. The van der Waals surface area contributed by atoms with E-state index in [1.807, 2.05) is 10.7 Å². The second kappa shape index (κ2) is 6.01. The van der Waals surface area contributed by atoms with Gasteiger partial charge in [0.2, 0.25) is 10.0 Å². The molecule has 23 heavy (non-hydrogen) atoms. The topological polar surface area (TPSA) is 81.0 Å². The van der Waals surface area contributed by atoms with Gasteiger partial charge in [-0.3, -0.25) is 9.67 Å². The quantitative estimate of drug-likeness (QED) is 0.854. The summed E-state index contributed by atoms with van der Waals surface area (Å²) in [6.45, 7) is 4.64. The van der Waals surface area contributed by atoms with Crippen LogP contribution >= 0.6 is 0 Å². The van der Waals surface area contributed by atoms with Gasteiger partial charge in [-0.05, 0) is 32.8 Å². The van der Waals surface area contributed by atoms with Crippen molar-refractivity contribution < 1.29 is 8.42 Å². The predicted molar refractivity (Wildman–Crippen MR) is 87.2 cm³/mol. The Morgan fingerprint density at radius 2 is 2.09 bits per heavy atom. The maximum atomic E-state index is 11.9. The molecule has 2 aromatic rings. The van der Waals surface area contributed by atoms with E-state index >= 15 is 0 Å². The first-order valence-corrected chi connectivity index (χ1v) is 9.55. The van der Waals surface area contributed by atoms with Crippen LogP contribution in [0.5, 0.6) is 0 Å². The monoisotopic (exact) mass is 335 g/mol. The van der Waals surface area contributed by atoms with Crippen molar-refractivity contribution in [2.75, 3.05) is 12.8 Å². The van der Waals surface area contributed by atoms with Crippen LogP contribution in [0.1, 0.15) is 44.5 Å². The minimum absolute atomic E-state index is 0.212. The third kappa shape index (κ3) is 3.13. The Morgan fingerprint density at radius 1 is 1.30 bits per heavy atom. The summed E-state index contributed by atoms with van der Waals surface area (Å²) in [4.78, 5) is 8.95. The third-order valence-electron chi connectivity index (χ3n) is 4.05. The van der Waals surface area contributed by atoms with Gasteiger partial charge in [-0.2, -0.15) is 9.40 Å². The average molecular weight is 335 g/mol. The zero-order valence-electron chi connectivity index (χ0n) is 13.5. The fraction of sp³-hybridized carbons (Fsp3) is 0.533. The predicted octanol–water partition coefficient (Wildman–Crippen LogP) is 2.02. The van der Waals surface area contributed by atoms with E-state index < -0.39 is 10.0 Å². The van der Waals surface area contributed by atoms with Gasteiger partial charge < -0.3 is 0 Å². The molecule has 2 aromatic heterocycles. The van der Waals surface area contributed by atoms with Gasteiger partial charge in [-0.1, -0.05) is 0 Å². The van der Waals surface area contributed by atoms with Gasteiger partial charge in [0.1, 0.15) is 5.69 Å². The van der Waals surface area contributed by atoms with E-state index in [-0.39, 0.29) is 12.1 Å². The van der Waals surface area contributed by atoms with Crippen LogP contribution < -0.4 is 0 Å². The summed E-state index contributed by atoms with van der Waals surface area (Å²) < 4.78 is 27.3. The van der Waals surface area contributed by atoms with Crippen molar-refractivity contribution in [3.8, 4) is 11.4 Å². The molecule has 0 radical (unpaired) electrons. The van der Waals surface area contributed by atoms with Crippen LogP contribution in [0.2, 0.25) is 0 Å². The number of hydrogen-bond donors (Lipinski definition) is 0. The lowest BCUT2D eigenvalue weighted by Crippen LogP contribution is -2.30. The lowest BCUT2D eigenvalue weighted by molar-refractivity contribution is 0.393. The highest BCUT2D eigenvalue weighted by atomic mass is 32.2. The fourth-order valence-corrected chi connectivity index (χ4v) is 4.16. The van der Waals surface area contributed by atoms with Crippen LogP contribution in [-0.2, 0) is 10.0 Å². The SMILES string of the molecule is CC(C)n1nccc1-c1cncc([C@H]2CCCN2S(C)(=O)=O)n1. The molecule has 8 heteroatoms. The Morgan fingerprint density at radius 3 is 2.78 bits per heavy atom. The molecule has 0 bridgehead atoms. The van der Waals surface area contributed by atoms with Crippen LogP contribution in [0.3, 0.4) is 0 Å². The summed E-state index contributed by atoms with van der Waals surface area (Å²) in [7, 11) is -3.24. The highest BCUT2D eigenvalue weighted by Crippen LogP contribution is 2.33. The van der Waals surface area contributed by atoms with Gasteiger partial charge >= 0.3 is 0 Å². The number of sulfonamides is 1. The molecule has 7 nitrogen and oxygen atoms in total. The molecule has 1 aliphatic rings. The van der Waals surface area contributed by atoms with Crippen molar-refractivity contribution in [2.24, 2.45) is 0 Å². The van der Waals surface area contributed by atoms with E-state index in [2.05, 4.69) is 28.9 Å². The van der Waals surface area contributed by atoms with Gasteiger partial charge in [0.05, 0.1) is 36.1 Å². The molecular formula is C15H21N5O2S. The molecule has 1 aliphatic heterocycles. The molecule has 0 saturated carbocycles. The Labute approximate surface area is 136 Å². The van der Waals surface area contributed by atoms with Crippen molar-refractivity contribution >= 4 is 10.0 Å². The lowest BCUT2D eigenvalue weighted by Gasteiger charge is -2.21. The van der Waals surface area contributed by atoms with Crippen molar-refractivity contribution in [1.29, 1.82) is 0 Å². The smallest absolute Gasteiger partial charge is 0.211 e. The Bertz CT molecular complexity index is 800. The maximum absolute atomic E-state index is 11.9. The van der Waals surface area contributed by atoms with E-state index in [4.69, 9.17) is 0 Å². The van der Waals surface area contributed by atoms with Crippen molar-refractivity contribution in [2.45, 2.75) is 38.8 Å². The zero-order valence-corrected chi connectivity index (χ0v) is 14.4. The molecule has 1 saturated heterocycles. The molecule has 1 atom stereocenters. The second-order valence-electron chi connectivity index (χ2n) is 6.12. The summed E-state index contributed by atoms with van der Waals surface area (Å²) in [5.41, 5.74) is 2.30. The van der Waals surface area contributed by atoms with Crippen molar-refractivity contribution in [3.05, 3.63) is 30.4 Å². The second-order valence-corrected chi connectivity index (χ2v) is 8.05. The standard InChI is InChI=1S/C15H21N5O2S/c1-11(2)20-15(6-7-17-20)13-10-16-9-12(18-13)14-5-4-8-19(14)23(3,21)22/h6-7,9-11,14H,4-5,8H2,1-3H3/t14-/m1/s1. The van der Waals surface area contributed by atoms with E-state index in [0.717, 1.165) is 18.5 Å². The third-order valence-corrected chi connectivity index (χ3v) is 5.34. The molecule has 0 spiro atoms. The summed E-state index contributed by atoms with van der Waals surface area (Å²) in [5, 5.41) is 4.32. The minimum atomic E-state index is -3.24. The van der Waals surface area contributed by atoms with E-state index in [0.29, 0.717) is 17.9 Å². The van der Waals surface area contributed by atoms with Gasteiger partial charge in [-0.15, -0.1) is 0 Å². The van der Waals surface area contributed by atoms with Crippen LogP contribution in [0.15, 0.2) is 24.7 Å². The number of nitrogens with zero attached hydrogens (tertiary/aromatic N) is 5. The Kier molecular flexibility index (Phi) is 4.20. The molecular weight excluding hydrogens is 314 g/mol. The van der Waals surface area contributed by atoms with Gasteiger partial charge in [0.15, 0.2) is 0 Å². The molecule has 0 aliphatic carbocycles. The number of aromatic nitrogens is 4. The van der Waals surface area contributed by atoms with Gasteiger partial charge in [0, 0.05) is 18.8 Å². The van der Waals surface area contributed by atoms with Crippen LogP contribution in [0.4, 0.5) is 0 Å². The maximum Gasteiger partial charge on any atom is 0.211 e. The molecule has 3 rings (SSSR count). The molecule has 1 fully saturated rings. The molecule has 0 aromatic carbocycles. The normalized spacial score (nSPS) is 19.6. The van der Waals surface area contributed by atoms with Crippen molar-refractivity contribution in [1.82, 2.24) is 24.1 Å². The van der Waals surface area contributed by atoms with Crippen molar-refractivity contribution in [3.63, 3.8) is 0 Å². The minimum Gasteiger partial charge on any atom is -0.261 e. The van der Waals surface area contributed by atoms with Crippen LogP contribution in [-0.4, -0.2) is 45.3 Å². The van der Waals surface area contributed by atoms with Gasteiger partial charge in [-0.25, -0.2) is 13.4 Å². The fourth-order valence-electron chi connectivity index (χ4n) is 3.03. The summed E-state index contributed by atoms with van der Waals surface area (Å²) in [5.74, 6) is 0. The molecule has 0 amide bonds.